The molecule has 91 heavy (non-hydrogen) atoms. The van der Waals surface area contributed by atoms with Gasteiger partial charge in [0, 0.05) is 71.7 Å². The van der Waals surface area contributed by atoms with Gasteiger partial charge in [-0.05, 0) is 143 Å². The number of likely N-dealkylation sites (N-methyl/N-ethyl adjacent to an activating group) is 1. The molecule has 2 aromatic heterocycles. The third-order valence-corrected chi connectivity index (χ3v) is 17.1. The van der Waals surface area contributed by atoms with Crippen LogP contribution in [0.2, 0.25) is 0 Å². The minimum Gasteiger partial charge on any atom is -0.493 e. The molecule has 4 amide bonds. The number of aromatic nitrogens is 4. The molecular weight excluding hydrogens is 1160 g/mol. The predicted molar refractivity (Wildman–Crippen MR) is 344 cm³/mol. The number of rotatable bonds is 25. The van der Waals surface area contributed by atoms with Gasteiger partial charge in [-0.2, -0.15) is 0 Å². The van der Waals surface area contributed by atoms with Gasteiger partial charge in [0.05, 0.1) is 78.1 Å². The van der Waals surface area contributed by atoms with Crippen LogP contribution in [-0.4, -0.2) is 187 Å². The summed E-state index contributed by atoms with van der Waals surface area (Å²) in [5.41, 5.74) is 4.26. The van der Waals surface area contributed by atoms with Crippen molar-refractivity contribution in [3.63, 3.8) is 0 Å². The summed E-state index contributed by atoms with van der Waals surface area (Å²) in [5.74, 6) is 2.77. The summed E-state index contributed by atoms with van der Waals surface area (Å²) in [6, 6.07) is 37.8. The van der Waals surface area contributed by atoms with Crippen molar-refractivity contribution < 1.29 is 47.6 Å². The smallest absolute Gasteiger partial charge is 0.261 e. The van der Waals surface area contributed by atoms with E-state index in [4.69, 9.17) is 38.4 Å². The number of amides is 4. The lowest BCUT2D eigenvalue weighted by molar-refractivity contribution is -0.0405. The quantitative estimate of drug-likeness (QED) is 0.0523. The molecule has 2 saturated heterocycles. The summed E-state index contributed by atoms with van der Waals surface area (Å²) < 4.78 is 37.6. The number of aryl methyl sites for hydroxylation is 2. The lowest BCUT2D eigenvalue weighted by Crippen LogP contribution is -2.47. The number of morpholine rings is 1. The lowest BCUT2D eigenvalue weighted by Gasteiger charge is -2.34. The third-order valence-electron chi connectivity index (χ3n) is 17.1. The van der Waals surface area contributed by atoms with Crippen LogP contribution in [0.1, 0.15) is 77.0 Å². The average molecular weight is 1240 g/mol. The highest BCUT2D eigenvalue weighted by Crippen LogP contribution is 2.31. The Hall–Kier alpha value is -9.28. The zero-order chi connectivity index (χ0) is 63.5. The first-order valence-electron chi connectivity index (χ1n) is 31.1. The van der Waals surface area contributed by atoms with Crippen molar-refractivity contribution in [3.8, 4) is 28.7 Å². The zero-order valence-corrected chi connectivity index (χ0v) is 52.3. The molecule has 0 aliphatic carbocycles. The number of benzene rings is 6. The maximum Gasteiger partial charge on any atom is 0.261 e. The van der Waals surface area contributed by atoms with E-state index in [1.54, 1.807) is 97.2 Å². The molecule has 0 bridgehead atoms. The zero-order valence-electron chi connectivity index (χ0n) is 52.3. The van der Waals surface area contributed by atoms with Crippen LogP contribution >= 0.6 is 0 Å². The van der Waals surface area contributed by atoms with Crippen LogP contribution in [0.4, 0.5) is 0 Å². The molecule has 2 fully saturated rings. The van der Waals surface area contributed by atoms with Crippen molar-refractivity contribution in [2.45, 2.75) is 57.7 Å². The van der Waals surface area contributed by atoms with Gasteiger partial charge in [-0.3, -0.25) is 57.5 Å². The second-order valence-corrected chi connectivity index (χ2v) is 23.3. The number of hydrogen-bond donors (Lipinski definition) is 0. The summed E-state index contributed by atoms with van der Waals surface area (Å²) in [5, 5.41) is 1.04. The number of imide groups is 2. The molecule has 6 aromatic carbocycles. The largest absolute Gasteiger partial charge is 0.493 e. The molecule has 0 spiro atoms. The van der Waals surface area contributed by atoms with Crippen LogP contribution in [0, 0.1) is 0 Å². The van der Waals surface area contributed by atoms with Crippen molar-refractivity contribution in [2.24, 2.45) is 0 Å². The molecule has 0 saturated carbocycles. The first-order valence-corrected chi connectivity index (χ1v) is 31.1. The highest BCUT2D eigenvalue weighted by atomic mass is 16.5. The van der Waals surface area contributed by atoms with Crippen LogP contribution in [-0.2, 0) is 43.5 Å². The summed E-state index contributed by atoms with van der Waals surface area (Å²) in [6.45, 7) is 9.11. The lowest BCUT2D eigenvalue weighted by atomic mass is 10.1. The summed E-state index contributed by atoms with van der Waals surface area (Å²) in [4.78, 5) is 98.9. The van der Waals surface area contributed by atoms with E-state index < -0.39 is 0 Å². The Morgan fingerprint density at radius 1 is 0.484 bits per heavy atom. The number of ether oxygens (including phenoxy) is 6. The second-order valence-electron chi connectivity index (χ2n) is 23.3. The Morgan fingerprint density at radius 3 is 1.54 bits per heavy atom. The number of fused-ring (bicyclic) bond motifs is 4. The van der Waals surface area contributed by atoms with E-state index >= 15 is 0 Å². The fraction of sp³-hybridized carbons (Fsp3) is 0.371. The van der Waals surface area contributed by atoms with E-state index in [-0.39, 0.29) is 66.8 Å². The van der Waals surface area contributed by atoms with Crippen molar-refractivity contribution >= 4 is 45.4 Å². The summed E-state index contributed by atoms with van der Waals surface area (Å²) >= 11 is 0. The molecule has 21 heteroatoms. The van der Waals surface area contributed by atoms with Gasteiger partial charge >= 0.3 is 0 Å². The van der Waals surface area contributed by atoms with E-state index in [1.807, 2.05) is 74.8 Å². The predicted octanol–water partition coefficient (Wildman–Crippen LogP) is 7.10. The number of hydrogen-bond acceptors (Lipinski definition) is 17. The fourth-order valence-electron chi connectivity index (χ4n) is 12.3. The van der Waals surface area contributed by atoms with Gasteiger partial charge in [0.15, 0.2) is 23.0 Å². The van der Waals surface area contributed by atoms with Crippen LogP contribution in [0.25, 0.3) is 21.8 Å². The van der Waals surface area contributed by atoms with Gasteiger partial charge in [-0.25, -0.2) is 9.97 Å². The molecule has 8 aromatic rings. The van der Waals surface area contributed by atoms with Crippen LogP contribution < -0.4 is 34.8 Å². The standard InChI is InChI=1S/C37H43N5O7.C33H34N4O5/c1-39(2)23-27-24-40(18-20-49-27)17-19-48-26-10-11-28-30(22-26)37(45)42(35(28)43)16-14-34-38-31-8-6-5-7-29(31)36(44)41(34)15-13-25-9-12-32(46-3)33(21-25)47-4;1-41-29-22-23(12-13-28(29)42-21-20-35-16-6-7-17-35)14-18-36-30(34-27-11-5-4-10-26(27)33(36)40)15-19-37-31(38)24-8-2-3-9-25(24)32(37)39/h5-12,21-22,27H,13-20,23-24H2,1-4H3;2-5,8-13,22H,6-7,14-21H2,1H3. The van der Waals surface area contributed by atoms with E-state index in [0.29, 0.717) is 130 Å². The van der Waals surface area contributed by atoms with Crippen LogP contribution in [0.15, 0.2) is 137 Å². The third kappa shape index (κ3) is 14.5. The Labute approximate surface area is 528 Å². The van der Waals surface area contributed by atoms with E-state index in [9.17, 15) is 28.8 Å². The number of carbonyl (C=O) groups excluding carboxylic acids is 4. The Morgan fingerprint density at radius 2 is 0.978 bits per heavy atom. The van der Waals surface area contributed by atoms with Crippen LogP contribution in [0.5, 0.6) is 28.7 Å². The van der Waals surface area contributed by atoms with Gasteiger partial charge in [0.1, 0.15) is 30.6 Å². The molecule has 4 aliphatic heterocycles. The molecule has 6 heterocycles. The van der Waals surface area contributed by atoms with Crippen molar-refractivity contribution in [2.75, 3.05) is 114 Å². The fourth-order valence-corrected chi connectivity index (χ4v) is 12.3. The number of likely N-dealkylation sites (tertiary alicyclic amines) is 1. The number of methoxy groups -OCH3 is 3. The molecule has 0 radical (unpaired) electrons. The van der Waals surface area contributed by atoms with Gasteiger partial charge in [-0.15, -0.1) is 0 Å². The molecule has 0 N–H and O–H groups in total. The molecular formula is C70H77N9O12. The monoisotopic (exact) mass is 1240 g/mol. The molecule has 21 nitrogen and oxygen atoms in total. The van der Waals surface area contributed by atoms with Gasteiger partial charge < -0.3 is 33.3 Å². The van der Waals surface area contributed by atoms with Crippen LogP contribution in [0.3, 0.4) is 0 Å². The Kier molecular flexibility index (Phi) is 20.3. The van der Waals surface area contributed by atoms with Gasteiger partial charge in [0.2, 0.25) is 0 Å². The number of carbonyl (C=O) groups is 4. The van der Waals surface area contributed by atoms with Gasteiger partial charge in [-0.1, -0.05) is 48.5 Å². The number of para-hydroxylation sites is 2. The second kappa shape index (κ2) is 29.1. The first kappa shape index (κ1) is 63.3. The minimum atomic E-state index is -0.384. The number of nitrogens with zero attached hydrogens (tertiary/aromatic N) is 9. The minimum absolute atomic E-state index is 0.0782. The maximum absolute atomic E-state index is 13.7. The summed E-state index contributed by atoms with van der Waals surface area (Å²) in [6.07, 6.45) is 4.23. The topological polar surface area (TPSA) is 210 Å². The average Bonchev–Trinajstić information content (AvgIpc) is 1.85. The highest BCUT2D eigenvalue weighted by Gasteiger charge is 2.37. The Bertz CT molecular complexity index is 4070. The van der Waals surface area contributed by atoms with E-state index in [0.717, 1.165) is 56.9 Å². The molecule has 1 unspecified atom stereocenters. The van der Waals surface area contributed by atoms with E-state index in [2.05, 4.69) is 14.7 Å². The van der Waals surface area contributed by atoms with Crippen molar-refractivity contribution in [3.05, 3.63) is 193 Å². The normalized spacial score (nSPS) is 15.8. The molecule has 12 rings (SSSR count). The molecule has 4 aliphatic rings. The molecule has 1 atom stereocenters. The van der Waals surface area contributed by atoms with Gasteiger partial charge in [0.25, 0.3) is 34.7 Å². The molecule has 474 valence electrons. The Balaban J connectivity index is 0.000000189. The SMILES string of the molecule is COc1cc(CCn2c(CCN3C(=O)c4ccccc4C3=O)nc3ccccc3c2=O)ccc1OCCN1CCCC1.COc1ccc(CCn2c(CCN3C(=O)c4ccc(OCCN5CCOC(CN(C)C)C5)cc4C3=O)nc3ccccc3c2=O)cc1OC. The van der Waals surface area contributed by atoms with E-state index in [1.165, 1.54) is 22.6 Å². The van der Waals surface area contributed by atoms with Crippen molar-refractivity contribution in [1.82, 2.24) is 43.6 Å². The highest BCUT2D eigenvalue weighted by molar-refractivity contribution is 6.22. The maximum atomic E-state index is 13.7. The first-order chi connectivity index (χ1) is 44.3. The van der Waals surface area contributed by atoms with Crippen molar-refractivity contribution in [1.29, 1.82) is 0 Å². The summed E-state index contributed by atoms with van der Waals surface area (Å²) in [7, 11) is 8.86.